The van der Waals surface area contributed by atoms with E-state index in [9.17, 15) is 5.11 Å². The highest BCUT2D eigenvalue weighted by atomic mass is 16.5. The second-order valence-corrected chi connectivity index (χ2v) is 4.52. The van der Waals surface area contributed by atoms with Gasteiger partial charge in [-0.2, -0.15) is 0 Å². The van der Waals surface area contributed by atoms with Crippen LogP contribution in [-0.4, -0.2) is 26.4 Å². The summed E-state index contributed by atoms with van der Waals surface area (Å²) >= 11 is 0. The molecular weight excluding hydrogens is 254 g/mol. The molecule has 2 rings (SSSR count). The first-order valence-electron chi connectivity index (χ1n) is 6.35. The highest BCUT2D eigenvalue weighted by Gasteiger charge is 2.10. The molecule has 106 valence electrons. The van der Waals surface area contributed by atoms with E-state index in [0.717, 1.165) is 17.0 Å². The van der Waals surface area contributed by atoms with Crippen LogP contribution < -0.4 is 14.4 Å². The molecule has 20 heavy (non-hydrogen) atoms. The van der Waals surface area contributed by atoms with E-state index in [4.69, 9.17) is 9.47 Å². The Morgan fingerprint density at radius 2 is 1.80 bits per heavy atom. The maximum Gasteiger partial charge on any atom is 0.142 e. The number of phenols is 1. The summed E-state index contributed by atoms with van der Waals surface area (Å²) in [7, 11) is 5.19. The average Bonchev–Trinajstić information content (AvgIpc) is 2.49. The molecule has 0 aromatic heterocycles. The maximum absolute atomic E-state index is 10.0. The fraction of sp³-hybridized carbons (Fsp3) is 0.250. The van der Waals surface area contributed by atoms with Gasteiger partial charge in [-0.1, -0.05) is 12.1 Å². The van der Waals surface area contributed by atoms with Gasteiger partial charge in [-0.3, -0.25) is 0 Å². The lowest BCUT2D eigenvalue weighted by Crippen LogP contribution is -2.17. The number of ether oxygens (including phenoxy) is 2. The Hall–Kier alpha value is -2.36. The molecule has 0 saturated heterocycles. The van der Waals surface area contributed by atoms with Crippen molar-refractivity contribution in [3.63, 3.8) is 0 Å². The Morgan fingerprint density at radius 3 is 2.45 bits per heavy atom. The van der Waals surface area contributed by atoms with Crippen molar-refractivity contribution in [2.45, 2.75) is 6.54 Å². The predicted molar refractivity (Wildman–Crippen MR) is 79.8 cm³/mol. The van der Waals surface area contributed by atoms with E-state index in [0.29, 0.717) is 12.3 Å². The monoisotopic (exact) mass is 273 g/mol. The smallest absolute Gasteiger partial charge is 0.142 e. The van der Waals surface area contributed by atoms with Gasteiger partial charge in [0.25, 0.3) is 0 Å². The molecule has 0 unspecified atom stereocenters. The molecule has 1 N–H and O–H groups in total. The summed E-state index contributed by atoms with van der Waals surface area (Å²) in [5.41, 5.74) is 1.81. The van der Waals surface area contributed by atoms with E-state index in [2.05, 4.69) is 0 Å². The van der Waals surface area contributed by atoms with Crippen molar-refractivity contribution in [3.05, 3.63) is 48.0 Å². The zero-order valence-corrected chi connectivity index (χ0v) is 12.0. The molecular formula is C16H19NO3. The number of hydrogen-bond donors (Lipinski definition) is 1. The zero-order chi connectivity index (χ0) is 14.5. The molecule has 0 bridgehead atoms. The molecule has 0 radical (unpaired) electrons. The summed E-state index contributed by atoms with van der Waals surface area (Å²) in [6.07, 6.45) is 0. The highest BCUT2D eigenvalue weighted by Crippen LogP contribution is 2.30. The van der Waals surface area contributed by atoms with Crippen LogP contribution in [0.5, 0.6) is 17.2 Å². The second-order valence-electron chi connectivity index (χ2n) is 4.52. The molecule has 4 nitrogen and oxygen atoms in total. The van der Waals surface area contributed by atoms with Gasteiger partial charge in [0.2, 0.25) is 0 Å². The first-order valence-corrected chi connectivity index (χ1v) is 6.35. The van der Waals surface area contributed by atoms with Crippen LogP contribution in [0.1, 0.15) is 5.56 Å². The van der Waals surface area contributed by atoms with Gasteiger partial charge in [0.05, 0.1) is 19.9 Å². The minimum absolute atomic E-state index is 0.228. The van der Waals surface area contributed by atoms with Crippen molar-refractivity contribution in [2.24, 2.45) is 0 Å². The predicted octanol–water partition coefficient (Wildman–Crippen LogP) is 3.05. The third-order valence-corrected chi connectivity index (χ3v) is 3.20. The summed E-state index contributed by atoms with van der Waals surface area (Å²) in [4.78, 5) is 2.03. The largest absolute Gasteiger partial charge is 0.507 e. The SMILES string of the molecule is COc1ccc(CN(C)c2ccccc2OC)c(O)c1. The van der Waals surface area contributed by atoms with Crippen LogP contribution in [-0.2, 0) is 6.54 Å². The third kappa shape index (κ3) is 2.96. The van der Waals surface area contributed by atoms with Crippen molar-refractivity contribution in [3.8, 4) is 17.2 Å². The Kier molecular flexibility index (Phi) is 4.35. The molecule has 0 aliphatic carbocycles. The van der Waals surface area contributed by atoms with Gasteiger partial charge in [0, 0.05) is 25.2 Å². The number of nitrogens with zero attached hydrogens (tertiary/aromatic N) is 1. The Bertz CT molecular complexity index is 584. The molecule has 0 atom stereocenters. The lowest BCUT2D eigenvalue weighted by Gasteiger charge is -2.22. The van der Waals surface area contributed by atoms with Crippen molar-refractivity contribution < 1.29 is 14.6 Å². The van der Waals surface area contributed by atoms with E-state index in [1.54, 1.807) is 20.3 Å². The van der Waals surface area contributed by atoms with Gasteiger partial charge in [-0.15, -0.1) is 0 Å². The normalized spacial score (nSPS) is 10.2. The van der Waals surface area contributed by atoms with Gasteiger partial charge in [-0.25, -0.2) is 0 Å². The zero-order valence-electron chi connectivity index (χ0n) is 12.0. The van der Waals surface area contributed by atoms with Crippen molar-refractivity contribution >= 4 is 5.69 Å². The average molecular weight is 273 g/mol. The van der Waals surface area contributed by atoms with Gasteiger partial charge < -0.3 is 19.5 Å². The summed E-state index contributed by atoms with van der Waals surface area (Å²) in [5, 5.41) is 10.0. The van der Waals surface area contributed by atoms with Gasteiger partial charge in [-0.05, 0) is 24.3 Å². The molecule has 0 amide bonds. The van der Waals surface area contributed by atoms with E-state index in [1.165, 1.54) is 0 Å². The summed E-state index contributed by atoms with van der Waals surface area (Å²) in [6.45, 7) is 0.580. The Morgan fingerprint density at radius 1 is 1.05 bits per heavy atom. The van der Waals surface area contributed by atoms with Gasteiger partial charge >= 0.3 is 0 Å². The number of phenolic OH excluding ortho intramolecular Hbond substituents is 1. The van der Waals surface area contributed by atoms with Crippen LogP contribution in [0.3, 0.4) is 0 Å². The summed E-state index contributed by atoms with van der Waals surface area (Å²) < 4.78 is 10.4. The van der Waals surface area contributed by atoms with Crippen molar-refractivity contribution in [2.75, 3.05) is 26.2 Å². The highest BCUT2D eigenvalue weighted by molar-refractivity contribution is 5.58. The van der Waals surface area contributed by atoms with E-state index >= 15 is 0 Å². The minimum Gasteiger partial charge on any atom is -0.507 e. The molecule has 0 aliphatic rings. The van der Waals surface area contributed by atoms with Gasteiger partial charge in [0.15, 0.2) is 0 Å². The van der Waals surface area contributed by atoms with Crippen LogP contribution in [0.15, 0.2) is 42.5 Å². The Balaban J connectivity index is 2.21. The molecule has 0 heterocycles. The minimum atomic E-state index is 0.228. The molecule has 0 aliphatic heterocycles. The van der Waals surface area contributed by atoms with Crippen LogP contribution in [0.4, 0.5) is 5.69 Å². The molecule has 0 saturated carbocycles. The van der Waals surface area contributed by atoms with E-state index in [1.807, 2.05) is 48.3 Å². The fourth-order valence-electron chi connectivity index (χ4n) is 2.09. The number of benzene rings is 2. The van der Waals surface area contributed by atoms with E-state index in [-0.39, 0.29) is 5.75 Å². The topological polar surface area (TPSA) is 41.9 Å². The number of anilines is 1. The van der Waals surface area contributed by atoms with Gasteiger partial charge in [0.1, 0.15) is 17.2 Å². The summed E-state index contributed by atoms with van der Waals surface area (Å²) in [6, 6.07) is 13.1. The first kappa shape index (κ1) is 14.1. The van der Waals surface area contributed by atoms with Crippen LogP contribution >= 0.6 is 0 Å². The lowest BCUT2D eigenvalue weighted by atomic mass is 10.1. The lowest BCUT2D eigenvalue weighted by molar-refractivity contribution is 0.406. The molecule has 2 aromatic carbocycles. The second kappa shape index (κ2) is 6.19. The number of para-hydroxylation sites is 2. The molecule has 2 aromatic rings. The third-order valence-electron chi connectivity index (χ3n) is 3.20. The van der Waals surface area contributed by atoms with Crippen molar-refractivity contribution in [1.29, 1.82) is 0 Å². The number of methoxy groups -OCH3 is 2. The molecule has 0 fully saturated rings. The van der Waals surface area contributed by atoms with Crippen LogP contribution in [0.2, 0.25) is 0 Å². The van der Waals surface area contributed by atoms with Crippen molar-refractivity contribution in [1.82, 2.24) is 0 Å². The van der Waals surface area contributed by atoms with Crippen LogP contribution in [0.25, 0.3) is 0 Å². The molecule has 0 spiro atoms. The van der Waals surface area contributed by atoms with E-state index < -0.39 is 0 Å². The first-order chi connectivity index (χ1) is 9.65. The number of rotatable bonds is 5. The summed E-state index contributed by atoms with van der Waals surface area (Å²) in [5.74, 6) is 1.68. The maximum atomic E-state index is 10.0. The molecule has 4 heteroatoms. The van der Waals surface area contributed by atoms with Crippen LogP contribution in [0, 0.1) is 0 Å². The standard InChI is InChI=1S/C16H19NO3/c1-17(14-6-4-5-7-16(14)20-3)11-12-8-9-13(19-2)10-15(12)18/h4-10,18H,11H2,1-3H3. The fourth-order valence-corrected chi connectivity index (χ4v) is 2.09. The number of aromatic hydroxyl groups is 1. The Labute approximate surface area is 119 Å². The quantitative estimate of drug-likeness (QED) is 0.909. The number of hydrogen-bond acceptors (Lipinski definition) is 4.